The average molecular weight is 356 g/mol. The first kappa shape index (κ1) is 14.3. The van der Waals surface area contributed by atoms with Gasteiger partial charge in [0.05, 0.1) is 30.3 Å². The van der Waals surface area contributed by atoms with Crippen molar-refractivity contribution < 1.29 is 4.74 Å². The van der Waals surface area contributed by atoms with Crippen LogP contribution in [0.15, 0.2) is 22.7 Å². The van der Waals surface area contributed by atoms with Gasteiger partial charge in [-0.2, -0.15) is 0 Å². The van der Waals surface area contributed by atoms with Gasteiger partial charge >= 0.3 is 0 Å². The number of likely N-dealkylation sites (N-methyl/N-ethyl adjacent to an activating group) is 1. The molecule has 0 aliphatic carbocycles. The van der Waals surface area contributed by atoms with Crippen molar-refractivity contribution in [3.05, 3.63) is 27.4 Å². The van der Waals surface area contributed by atoms with E-state index in [1.807, 2.05) is 6.07 Å². The molecule has 1 unspecified atom stereocenters. The third kappa shape index (κ3) is 2.83. The molecule has 1 aromatic carbocycles. The van der Waals surface area contributed by atoms with Gasteiger partial charge in [0.1, 0.15) is 0 Å². The van der Waals surface area contributed by atoms with Crippen molar-refractivity contribution in [1.82, 2.24) is 14.5 Å². The van der Waals surface area contributed by atoms with E-state index in [-0.39, 0.29) is 6.10 Å². The van der Waals surface area contributed by atoms with E-state index in [1.54, 1.807) is 0 Å². The molecule has 1 aromatic heterocycles. The lowest BCUT2D eigenvalue weighted by molar-refractivity contribution is -0.0339. The lowest BCUT2D eigenvalue weighted by Crippen LogP contribution is -2.43. The highest BCUT2D eigenvalue weighted by molar-refractivity contribution is 9.10. The number of hydrogen-bond donors (Lipinski definition) is 1. The molecule has 1 atom stereocenters. The summed E-state index contributed by atoms with van der Waals surface area (Å²) in [6.07, 6.45) is 0.207. The maximum absolute atomic E-state index is 5.88. The largest absolute Gasteiger partial charge is 0.374 e. The molecule has 0 spiro atoms. The van der Waals surface area contributed by atoms with Gasteiger partial charge in [-0.05, 0) is 37.0 Å². The number of H-pyrrole nitrogens is 1. The molecule has 2 heterocycles. The van der Waals surface area contributed by atoms with E-state index >= 15 is 0 Å². The van der Waals surface area contributed by atoms with E-state index in [2.05, 4.69) is 49.4 Å². The number of halogens is 1. The lowest BCUT2D eigenvalue weighted by Gasteiger charge is -2.32. The third-order valence-electron chi connectivity index (χ3n) is 3.79. The van der Waals surface area contributed by atoms with E-state index in [4.69, 9.17) is 17.0 Å². The molecule has 20 heavy (non-hydrogen) atoms. The first-order valence-corrected chi connectivity index (χ1v) is 8.09. The molecular weight excluding hydrogens is 338 g/mol. The number of aromatic nitrogens is 2. The van der Waals surface area contributed by atoms with Crippen LogP contribution in [0.2, 0.25) is 0 Å². The number of morpholine rings is 1. The number of fused-ring (bicyclic) bond motifs is 1. The molecule has 1 aliphatic rings. The average Bonchev–Trinajstić information content (AvgIpc) is 2.74. The number of nitrogens with one attached hydrogen (secondary N) is 1. The van der Waals surface area contributed by atoms with E-state index in [1.165, 1.54) is 0 Å². The Kier molecular flexibility index (Phi) is 4.26. The molecule has 0 bridgehead atoms. The molecule has 108 valence electrons. The number of aromatic amines is 1. The monoisotopic (exact) mass is 355 g/mol. The van der Waals surface area contributed by atoms with Gasteiger partial charge in [-0.25, -0.2) is 0 Å². The predicted octanol–water partition coefficient (Wildman–Crippen LogP) is 3.18. The number of ether oxygens (including phenoxy) is 1. The van der Waals surface area contributed by atoms with Crippen LogP contribution in [0.5, 0.6) is 0 Å². The Morgan fingerprint density at radius 3 is 3.15 bits per heavy atom. The normalized spacial score (nSPS) is 20.6. The summed E-state index contributed by atoms with van der Waals surface area (Å²) >= 11 is 8.93. The topological polar surface area (TPSA) is 33.2 Å². The Balaban J connectivity index is 1.87. The minimum Gasteiger partial charge on any atom is -0.374 e. The van der Waals surface area contributed by atoms with Crippen molar-refractivity contribution in [1.29, 1.82) is 0 Å². The van der Waals surface area contributed by atoms with Crippen LogP contribution in [0.25, 0.3) is 11.0 Å². The molecule has 1 saturated heterocycles. The maximum Gasteiger partial charge on any atom is 0.178 e. The predicted molar refractivity (Wildman–Crippen MR) is 86.7 cm³/mol. The second-order valence-corrected chi connectivity index (χ2v) is 6.39. The molecule has 3 rings (SSSR count). The van der Waals surface area contributed by atoms with Crippen molar-refractivity contribution in [2.45, 2.75) is 19.6 Å². The fourth-order valence-corrected chi connectivity index (χ4v) is 3.34. The Bertz CT molecular complexity index is 666. The van der Waals surface area contributed by atoms with E-state index in [9.17, 15) is 0 Å². The summed E-state index contributed by atoms with van der Waals surface area (Å²) in [7, 11) is 0. The zero-order valence-corrected chi connectivity index (χ0v) is 13.8. The molecule has 0 saturated carbocycles. The summed E-state index contributed by atoms with van der Waals surface area (Å²) in [5, 5.41) is 0. The van der Waals surface area contributed by atoms with Gasteiger partial charge in [-0.1, -0.05) is 22.9 Å². The van der Waals surface area contributed by atoms with Gasteiger partial charge in [0.15, 0.2) is 4.77 Å². The first-order valence-electron chi connectivity index (χ1n) is 6.89. The van der Waals surface area contributed by atoms with Gasteiger partial charge in [0.25, 0.3) is 0 Å². The van der Waals surface area contributed by atoms with Gasteiger partial charge in [-0.3, -0.25) is 4.90 Å². The van der Waals surface area contributed by atoms with Crippen LogP contribution in [-0.2, 0) is 11.3 Å². The number of imidazole rings is 1. The highest BCUT2D eigenvalue weighted by atomic mass is 79.9. The molecule has 4 nitrogen and oxygen atoms in total. The fraction of sp³-hybridized carbons (Fsp3) is 0.500. The van der Waals surface area contributed by atoms with Crippen LogP contribution in [0.4, 0.5) is 0 Å². The summed E-state index contributed by atoms with van der Waals surface area (Å²) in [4.78, 5) is 5.68. The number of nitrogens with zero attached hydrogens (tertiary/aromatic N) is 2. The summed E-state index contributed by atoms with van der Waals surface area (Å²) in [5.41, 5.74) is 2.20. The lowest BCUT2D eigenvalue weighted by atomic mass is 10.2. The fourth-order valence-electron chi connectivity index (χ4n) is 2.70. The number of hydrogen-bond acceptors (Lipinski definition) is 3. The first-order chi connectivity index (χ1) is 9.67. The van der Waals surface area contributed by atoms with Crippen LogP contribution in [0.1, 0.15) is 6.92 Å². The highest BCUT2D eigenvalue weighted by Crippen LogP contribution is 2.20. The highest BCUT2D eigenvalue weighted by Gasteiger charge is 2.20. The summed E-state index contributed by atoms with van der Waals surface area (Å²) in [6, 6.07) is 6.19. The molecule has 6 heteroatoms. The standard InChI is InChI=1S/C14H18BrN3OS/c1-2-17-5-6-19-11(8-17)9-18-13-4-3-10(15)7-12(13)16-14(18)20/h3-4,7,11H,2,5-6,8-9H2,1H3,(H,16,20). The molecule has 1 aliphatic heterocycles. The molecule has 1 fully saturated rings. The summed E-state index contributed by atoms with van der Waals surface area (Å²) < 4.78 is 9.83. The Morgan fingerprint density at radius 1 is 1.50 bits per heavy atom. The minimum atomic E-state index is 0.207. The zero-order chi connectivity index (χ0) is 14.1. The van der Waals surface area contributed by atoms with E-state index < -0.39 is 0 Å². The van der Waals surface area contributed by atoms with Crippen molar-refractivity contribution in [3.63, 3.8) is 0 Å². The maximum atomic E-state index is 5.88. The Morgan fingerprint density at radius 2 is 2.35 bits per heavy atom. The minimum absolute atomic E-state index is 0.207. The quantitative estimate of drug-likeness (QED) is 0.858. The van der Waals surface area contributed by atoms with Crippen LogP contribution in [0.3, 0.4) is 0 Å². The number of benzene rings is 1. The van der Waals surface area contributed by atoms with Gasteiger partial charge in [0, 0.05) is 17.6 Å². The van der Waals surface area contributed by atoms with E-state index in [0.717, 1.165) is 53.1 Å². The Labute approximate surface area is 131 Å². The van der Waals surface area contributed by atoms with Crippen molar-refractivity contribution in [2.75, 3.05) is 26.2 Å². The zero-order valence-electron chi connectivity index (χ0n) is 11.4. The molecule has 0 radical (unpaired) electrons. The van der Waals surface area contributed by atoms with Crippen molar-refractivity contribution in [2.24, 2.45) is 0 Å². The SMILES string of the molecule is CCN1CCOC(Cn2c(=S)[nH]c3cc(Br)ccc32)C1. The van der Waals surface area contributed by atoms with Crippen LogP contribution in [0, 0.1) is 4.77 Å². The van der Waals surface area contributed by atoms with Crippen molar-refractivity contribution in [3.8, 4) is 0 Å². The van der Waals surface area contributed by atoms with Gasteiger partial charge in [0.2, 0.25) is 0 Å². The second-order valence-electron chi connectivity index (χ2n) is 5.09. The van der Waals surface area contributed by atoms with Crippen LogP contribution >= 0.6 is 28.1 Å². The summed E-state index contributed by atoms with van der Waals surface area (Å²) in [5.74, 6) is 0. The van der Waals surface area contributed by atoms with Crippen LogP contribution in [-0.4, -0.2) is 46.8 Å². The van der Waals surface area contributed by atoms with Gasteiger partial charge < -0.3 is 14.3 Å². The molecule has 2 aromatic rings. The second kappa shape index (κ2) is 5.97. The molecule has 1 N–H and O–H groups in total. The molecular formula is C14H18BrN3OS. The van der Waals surface area contributed by atoms with E-state index in [0.29, 0.717) is 0 Å². The van der Waals surface area contributed by atoms with Gasteiger partial charge in [-0.15, -0.1) is 0 Å². The smallest absolute Gasteiger partial charge is 0.178 e. The molecule has 0 amide bonds. The Hall–Kier alpha value is -0.690. The van der Waals surface area contributed by atoms with Crippen molar-refractivity contribution >= 4 is 39.2 Å². The third-order valence-corrected chi connectivity index (χ3v) is 4.61. The summed E-state index contributed by atoms with van der Waals surface area (Å²) in [6.45, 7) is 6.88. The van der Waals surface area contributed by atoms with Crippen LogP contribution < -0.4 is 0 Å². The number of rotatable bonds is 3.